The lowest BCUT2D eigenvalue weighted by molar-refractivity contribution is 0.0940. The van der Waals surface area contributed by atoms with E-state index in [0.29, 0.717) is 21.8 Å². The number of rotatable bonds is 6. The van der Waals surface area contributed by atoms with Crippen LogP contribution in [-0.4, -0.2) is 21.4 Å². The van der Waals surface area contributed by atoms with Crippen molar-refractivity contribution in [3.63, 3.8) is 0 Å². The SMILES string of the molecule is Cc1cc(C(=O)N[C@@H](C)c2ccccc2)ccc1N(C)S(=O)(=O)c1ccc(Cl)cc1. The Morgan fingerprint density at radius 2 is 1.63 bits per heavy atom. The molecule has 0 fully saturated rings. The van der Waals surface area contributed by atoms with Gasteiger partial charge >= 0.3 is 0 Å². The number of benzene rings is 3. The molecule has 0 unspecified atom stereocenters. The van der Waals surface area contributed by atoms with Gasteiger partial charge < -0.3 is 5.32 Å². The average Bonchev–Trinajstić information content (AvgIpc) is 2.74. The molecule has 7 heteroatoms. The summed E-state index contributed by atoms with van der Waals surface area (Å²) in [5.74, 6) is -0.218. The van der Waals surface area contributed by atoms with E-state index in [2.05, 4.69) is 5.32 Å². The zero-order chi connectivity index (χ0) is 21.9. The van der Waals surface area contributed by atoms with Crippen LogP contribution in [0.1, 0.15) is 34.5 Å². The second kappa shape index (κ2) is 8.90. The summed E-state index contributed by atoms with van der Waals surface area (Å²) in [6.07, 6.45) is 0. The normalized spacial score (nSPS) is 12.3. The molecule has 0 aliphatic carbocycles. The lowest BCUT2D eigenvalue weighted by atomic mass is 10.1. The Kier molecular flexibility index (Phi) is 6.48. The molecule has 3 rings (SSSR count). The molecule has 0 heterocycles. The molecule has 0 aliphatic rings. The van der Waals surface area contributed by atoms with Crippen LogP contribution in [0.3, 0.4) is 0 Å². The fourth-order valence-corrected chi connectivity index (χ4v) is 4.54. The van der Waals surface area contributed by atoms with Gasteiger partial charge in [0.15, 0.2) is 0 Å². The summed E-state index contributed by atoms with van der Waals surface area (Å²) in [5, 5.41) is 3.43. The molecule has 0 radical (unpaired) electrons. The van der Waals surface area contributed by atoms with Crippen LogP contribution in [0.25, 0.3) is 0 Å². The predicted octanol–water partition coefficient (Wildman–Crippen LogP) is 4.96. The molecule has 156 valence electrons. The summed E-state index contributed by atoms with van der Waals surface area (Å²) in [6, 6.07) is 20.5. The molecular formula is C23H23ClN2O3S. The Balaban J connectivity index is 1.80. The van der Waals surface area contributed by atoms with Crippen LogP contribution in [-0.2, 0) is 10.0 Å². The third-order valence-corrected chi connectivity index (χ3v) is 6.96. The van der Waals surface area contributed by atoms with Crippen LogP contribution >= 0.6 is 11.6 Å². The van der Waals surface area contributed by atoms with Crippen LogP contribution in [0, 0.1) is 6.92 Å². The fourth-order valence-electron chi connectivity index (χ4n) is 3.15. The van der Waals surface area contributed by atoms with E-state index in [1.54, 1.807) is 25.1 Å². The minimum absolute atomic E-state index is 0.146. The van der Waals surface area contributed by atoms with E-state index in [1.807, 2.05) is 37.3 Å². The molecule has 0 spiro atoms. The molecule has 0 aliphatic heterocycles. The van der Waals surface area contributed by atoms with Gasteiger partial charge in [0, 0.05) is 17.6 Å². The van der Waals surface area contributed by atoms with Crippen LogP contribution in [0.15, 0.2) is 77.7 Å². The van der Waals surface area contributed by atoms with Gasteiger partial charge in [0.1, 0.15) is 0 Å². The van der Waals surface area contributed by atoms with E-state index < -0.39 is 10.0 Å². The highest BCUT2D eigenvalue weighted by Crippen LogP contribution is 2.27. The van der Waals surface area contributed by atoms with Gasteiger partial charge in [-0.1, -0.05) is 41.9 Å². The molecule has 30 heavy (non-hydrogen) atoms. The third-order valence-electron chi connectivity index (χ3n) is 4.92. The first-order valence-electron chi connectivity index (χ1n) is 9.41. The molecular weight excluding hydrogens is 420 g/mol. The van der Waals surface area contributed by atoms with Crippen molar-refractivity contribution in [3.05, 3.63) is 94.5 Å². The van der Waals surface area contributed by atoms with Gasteiger partial charge in [-0.2, -0.15) is 0 Å². The minimum atomic E-state index is -3.75. The Hall–Kier alpha value is -2.83. The molecule has 1 amide bonds. The Bertz CT molecular complexity index is 1150. The van der Waals surface area contributed by atoms with Crippen molar-refractivity contribution in [1.29, 1.82) is 0 Å². The Labute approximate surface area is 182 Å². The van der Waals surface area contributed by atoms with Gasteiger partial charge in [0.25, 0.3) is 15.9 Å². The number of aryl methyl sites for hydroxylation is 1. The molecule has 0 saturated carbocycles. The number of amides is 1. The van der Waals surface area contributed by atoms with Gasteiger partial charge in [-0.3, -0.25) is 9.10 Å². The minimum Gasteiger partial charge on any atom is -0.346 e. The van der Waals surface area contributed by atoms with Crippen molar-refractivity contribution in [2.45, 2.75) is 24.8 Å². The number of anilines is 1. The zero-order valence-corrected chi connectivity index (χ0v) is 18.5. The van der Waals surface area contributed by atoms with Gasteiger partial charge in [0.05, 0.1) is 16.6 Å². The van der Waals surface area contributed by atoms with E-state index >= 15 is 0 Å². The summed E-state index contributed by atoms with van der Waals surface area (Å²) < 4.78 is 27.0. The van der Waals surface area contributed by atoms with E-state index in [9.17, 15) is 13.2 Å². The van der Waals surface area contributed by atoms with E-state index in [4.69, 9.17) is 11.6 Å². The summed E-state index contributed by atoms with van der Waals surface area (Å²) >= 11 is 5.86. The maximum Gasteiger partial charge on any atom is 0.264 e. The Morgan fingerprint density at radius 1 is 1.00 bits per heavy atom. The summed E-state index contributed by atoms with van der Waals surface area (Å²) in [7, 11) is -2.26. The maximum absolute atomic E-state index is 12.9. The van der Waals surface area contributed by atoms with Crippen LogP contribution in [0.5, 0.6) is 0 Å². The van der Waals surface area contributed by atoms with E-state index in [1.165, 1.54) is 35.6 Å². The van der Waals surface area contributed by atoms with Crippen molar-refractivity contribution in [2.24, 2.45) is 0 Å². The standard InChI is InChI=1S/C23H23ClN2O3S/c1-16-15-19(23(27)25-17(2)18-7-5-4-6-8-18)9-14-22(16)26(3)30(28,29)21-12-10-20(24)11-13-21/h4-15,17H,1-3H3,(H,25,27)/t17-/m0/s1. The fraction of sp³-hybridized carbons (Fsp3) is 0.174. The van der Waals surface area contributed by atoms with E-state index in [-0.39, 0.29) is 16.8 Å². The summed E-state index contributed by atoms with van der Waals surface area (Å²) in [5.41, 5.74) is 2.65. The quantitative estimate of drug-likeness (QED) is 0.586. The second-order valence-corrected chi connectivity index (χ2v) is 9.44. The second-order valence-electron chi connectivity index (χ2n) is 7.03. The van der Waals surface area contributed by atoms with Crippen LogP contribution in [0.4, 0.5) is 5.69 Å². The molecule has 0 bridgehead atoms. The number of nitrogens with one attached hydrogen (secondary N) is 1. The maximum atomic E-state index is 12.9. The monoisotopic (exact) mass is 442 g/mol. The van der Waals surface area contributed by atoms with Gasteiger partial charge in [-0.05, 0) is 67.4 Å². The number of carbonyl (C=O) groups excluding carboxylic acids is 1. The van der Waals surface area contributed by atoms with Crippen LogP contribution < -0.4 is 9.62 Å². The molecule has 5 nitrogen and oxygen atoms in total. The number of sulfonamides is 1. The number of nitrogens with zero attached hydrogens (tertiary/aromatic N) is 1. The number of halogens is 1. The zero-order valence-electron chi connectivity index (χ0n) is 17.0. The molecule has 3 aromatic rings. The van der Waals surface area contributed by atoms with Gasteiger partial charge in [-0.15, -0.1) is 0 Å². The number of carbonyl (C=O) groups is 1. The first-order chi connectivity index (χ1) is 14.2. The molecule has 1 N–H and O–H groups in total. The predicted molar refractivity (Wildman–Crippen MR) is 121 cm³/mol. The topological polar surface area (TPSA) is 66.5 Å². The third kappa shape index (κ3) is 4.66. The summed E-state index contributed by atoms with van der Waals surface area (Å²) in [4.78, 5) is 12.8. The number of hydrogen-bond donors (Lipinski definition) is 1. The first kappa shape index (κ1) is 21.9. The van der Waals surface area contributed by atoms with Gasteiger partial charge in [-0.25, -0.2) is 8.42 Å². The Morgan fingerprint density at radius 3 is 2.23 bits per heavy atom. The largest absolute Gasteiger partial charge is 0.346 e. The molecule has 0 aromatic heterocycles. The van der Waals surface area contributed by atoms with Crippen molar-refractivity contribution >= 4 is 33.2 Å². The van der Waals surface area contributed by atoms with Gasteiger partial charge in [0.2, 0.25) is 0 Å². The lowest BCUT2D eigenvalue weighted by Gasteiger charge is -2.22. The van der Waals surface area contributed by atoms with Crippen molar-refractivity contribution in [2.75, 3.05) is 11.4 Å². The molecule has 0 saturated heterocycles. The molecule has 3 aromatic carbocycles. The van der Waals surface area contributed by atoms with Crippen molar-refractivity contribution in [1.82, 2.24) is 5.32 Å². The van der Waals surface area contributed by atoms with E-state index in [0.717, 1.165) is 5.56 Å². The smallest absolute Gasteiger partial charge is 0.264 e. The highest BCUT2D eigenvalue weighted by Gasteiger charge is 2.23. The first-order valence-corrected chi connectivity index (χ1v) is 11.2. The highest BCUT2D eigenvalue weighted by atomic mass is 35.5. The highest BCUT2D eigenvalue weighted by molar-refractivity contribution is 7.92. The lowest BCUT2D eigenvalue weighted by Crippen LogP contribution is -2.28. The average molecular weight is 443 g/mol. The summed E-state index contributed by atoms with van der Waals surface area (Å²) in [6.45, 7) is 3.70. The van der Waals surface area contributed by atoms with Crippen molar-refractivity contribution in [3.8, 4) is 0 Å². The van der Waals surface area contributed by atoms with Crippen molar-refractivity contribution < 1.29 is 13.2 Å². The van der Waals surface area contributed by atoms with Crippen LogP contribution in [0.2, 0.25) is 5.02 Å². The molecule has 1 atom stereocenters. The number of hydrogen-bond acceptors (Lipinski definition) is 3.